The maximum absolute atomic E-state index is 12.0. The van der Waals surface area contributed by atoms with Gasteiger partial charge in [-0.3, -0.25) is 14.6 Å². The summed E-state index contributed by atoms with van der Waals surface area (Å²) in [6.45, 7) is 9.90. The second-order valence-corrected chi connectivity index (χ2v) is 7.47. The van der Waals surface area contributed by atoms with E-state index in [9.17, 15) is 4.79 Å². The van der Waals surface area contributed by atoms with Crippen LogP contribution < -0.4 is 10.1 Å². The van der Waals surface area contributed by atoms with Crippen molar-refractivity contribution >= 4 is 47.2 Å². The predicted molar refractivity (Wildman–Crippen MR) is 120 cm³/mol. The first-order chi connectivity index (χ1) is 12.6. The number of aryl methyl sites for hydroxylation is 2. The lowest BCUT2D eigenvalue weighted by Gasteiger charge is -2.34. The molecule has 9 heteroatoms. The number of anilines is 1. The monoisotopic (exact) mass is 446 g/mol. The van der Waals surface area contributed by atoms with Crippen LogP contribution in [0.3, 0.4) is 0 Å². The number of hydrogen-bond acceptors (Lipinski definition) is 6. The van der Waals surface area contributed by atoms with E-state index in [2.05, 4.69) is 52.1 Å². The highest BCUT2D eigenvalue weighted by Crippen LogP contribution is 2.22. The normalized spacial score (nSPS) is 14.6. The average molecular weight is 447 g/mol. The second kappa shape index (κ2) is 12.2. The molecule has 0 spiro atoms. The second-order valence-electron chi connectivity index (χ2n) is 6.57. The summed E-state index contributed by atoms with van der Waals surface area (Å²) < 4.78 is 6.00. The van der Waals surface area contributed by atoms with E-state index in [1.807, 2.05) is 5.38 Å². The van der Waals surface area contributed by atoms with E-state index in [0.717, 1.165) is 38.5 Å². The SMILES string of the molecule is Cc1cccc(C)c1OCCN1CCN(CC(=O)Nc2nccs2)CC1.Cl.Cl. The van der Waals surface area contributed by atoms with Crippen molar-refractivity contribution in [2.75, 3.05) is 51.2 Å². The van der Waals surface area contributed by atoms with Gasteiger partial charge in [-0.15, -0.1) is 36.2 Å². The molecule has 1 saturated heterocycles. The van der Waals surface area contributed by atoms with Crippen molar-refractivity contribution in [2.45, 2.75) is 13.8 Å². The Morgan fingerprint density at radius 3 is 2.39 bits per heavy atom. The first kappa shape index (κ1) is 24.7. The van der Waals surface area contributed by atoms with Crippen molar-refractivity contribution in [3.8, 4) is 5.75 Å². The molecule has 2 heterocycles. The summed E-state index contributed by atoms with van der Waals surface area (Å²) >= 11 is 1.44. The number of piperazine rings is 1. The molecule has 1 amide bonds. The molecule has 0 aliphatic carbocycles. The minimum Gasteiger partial charge on any atom is -0.492 e. The average Bonchev–Trinajstić information content (AvgIpc) is 3.12. The number of carbonyl (C=O) groups is 1. The summed E-state index contributed by atoms with van der Waals surface area (Å²) in [4.78, 5) is 20.7. The van der Waals surface area contributed by atoms with Crippen molar-refractivity contribution in [3.05, 3.63) is 40.9 Å². The molecule has 1 aliphatic heterocycles. The van der Waals surface area contributed by atoms with Gasteiger partial charge >= 0.3 is 0 Å². The first-order valence-corrected chi connectivity index (χ1v) is 9.83. The lowest BCUT2D eigenvalue weighted by atomic mass is 10.1. The molecular weight excluding hydrogens is 419 g/mol. The van der Waals surface area contributed by atoms with Crippen molar-refractivity contribution in [1.82, 2.24) is 14.8 Å². The van der Waals surface area contributed by atoms with Crippen LogP contribution in [0.5, 0.6) is 5.75 Å². The van der Waals surface area contributed by atoms with Gasteiger partial charge in [0, 0.05) is 44.3 Å². The summed E-state index contributed by atoms with van der Waals surface area (Å²) in [6.07, 6.45) is 1.69. The van der Waals surface area contributed by atoms with Gasteiger partial charge in [-0.1, -0.05) is 18.2 Å². The number of amides is 1. The largest absolute Gasteiger partial charge is 0.492 e. The van der Waals surface area contributed by atoms with Gasteiger partial charge in [-0.05, 0) is 25.0 Å². The van der Waals surface area contributed by atoms with Crippen LogP contribution in [0.15, 0.2) is 29.8 Å². The quantitative estimate of drug-likeness (QED) is 0.707. The van der Waals surface area contributed by atoms with Crippen LogP contribution in [0, 0.1) is 13.8 Å². The van der Waals surface area contributed by atoms with E-state index in [-0.39, 0.29) is 30.7 Å². The van der Waals surface area contributed by atoms with Gasteiger partial charge in [0.25, 0.3) is 0 Å². The van der Waals surface area contributed by atoms with Gasteiger partial charge in [-0.25, -0.2) is 4.98 Å². The van der Waals surface area contributed by atoms with Crippen LogP contribution >= 0.6 is 36.2 Å². The zero-order valence-electron chi connectivity index (χ0n) is 16.2. The molecule has 0 atom stereocenters. The third-order valence-corrected chi connectivity index (χ3v) is 5.26. The van der Waals surface area contributed by atoms with Crippen molar-refractivity contribution < 1.29 is 9.53 Å². The lowest BCUT2D eigenvalue weighted by Crippen LogP contribution is -2.49. The third-order valence-electron chi connectivity index (χ3n) is 4.57. The van der Waals surface area contributed by atoms with Gasteiger partial charge in [0.05, 0.1) is 6.54 Å². The van der Waals surface area contributed by atoms with Gasteiger partial charge < -0.3 is 10.1 Å². The number of ether oxygens (including phenoxy) is 1. The number of nitrogens with one attached hydrogen (secondary N) is 1. The molecule has 2 aromatic rings. The number of nitrogens with zero attached hydrogens (tertiary/aromatic N) is 3. The zero-order chi connectivity index (χ0) is 18.4. The fraction of sp³-hybridized carbons (Fsp3) is 0.474. The standard InChI is InChI=1S/C19H26N4O2S.2ClH/c1-15-4-3-5-16(2)18(15)25-12-11-22-7-9-23(10-8-22)14-17(24)21-19-20-6-13-26-19;;/h3-6,13H,7-12,14H2,1-2H3,(H,20,21,24);2*1H. The minimum atomic E-state index is 0. The molecular formula is C19H28Cl2N4O2S. The number of benzene rings is 1. The van der Waals surface area contributed by atoms with Crippen LogP contribution in [0.1, 0.15) is 11.1 Å². The number of para-hydroxylation sites is 1. The first-order valence-electron chi connectivity index (χ1n) is 8.95. The highest BCUT2D eigenvalue weighted by Gasteiger charge is 2.19. The molecule has 1 fully saturated rings. The molecule has 1 aromatic carbocycles. The van der Waals surface area contributed by atoms with Crippen LogP contribution in [0.2, 0.25) is 0 Å². The molecule has 3 rings (SSSR count). The Morgan fingerprint density at radius 2 is 1.79 bits per heavy atom. The number of thiazole rings is 1. The smallest absolute Gasteiger partial charge is 0.240 e. The van der Waals surface area contributed by atoms with Crippen LogP contribution in [-0.4, -0.2) is 66.6 Å². The number of halogens is 2. The van der Waals surface area contributed by atoms with Gasteiger partial charge in [0.1, 0.15) is 12.4 Å². The molecule has 0 radical (unpaired) electrons. The maximum atomic E-state index is 12.0. The number of aromatic nitrogens is 1. The van der Waals surface area contributed by atoms with E-state index in [1.165, 1.54) is 22.5 Å². The molecule has 6 nitrogen and oxygen atoms in total. The Hall–Kier alpha value is -1.38. The van der Waals surface area contributed by atoms with Gasteiger partial charge in [0.15, 0.2) is 5.13 Å². The van der Waals surface area contributed by atoms with Gasteiger partial charge in [0.2, 0.25) is 5.91 Å². The van der Waals surface area contributed by atoms with E-state index in [0.29, 0.717) is 18.3 Å². The van der Waals surface area contributed by atoms with Crippen LogP contribution in [-0.2, 0) is 4.79 Å². The molecule has 1 N–H and O–H groups in total. The minimum absolute atomic E-state index is 0. The molecule has 1 aliphatic rings. The summed E-state index contributed by atoms with van der Waals surface area (Å²) in [5.41, 5.74) is 2.36. The van der Waals surface area contributed by atoms with Gasteiger partial charge in [-0.2, -0.15) is 0 Å². The Bertz CT molecular complexity index is 702. The molecule has 156 valence electrons. The zero-order valence-corrected chi connectivity index (χ0v) is 18.7. The Kier molecular flexibility index (Phi) is 10.8. The fourth-order valence-electron chi connectivity index (χ4n) is 3.12. The summed E-state index contributed by atoms with van der Waals surface area (Å²) in [5, 5.41) is 5.36. The van der Waals surface area contributed by atoms with Crippen molar-refractivity contribution in [1.29, 1.82) is 0 Å². The highest BCUT2D eigenvalue weighted by atomic mass is 35.5. The fourth-order valence-corrected chi connectivity index (χ4v) is 3.67. The number of carbonyl (C=O) groups excluding carboxylic acids is 1. The molecule has 0 bridgehead atoms. The van der Waals surface area contributed by atoms with E-state index >= 15 is 0 Å². The summed E-state index contributed by atoms with van der Waals surface area (Å²) in [5.74, 6) is 1.01. The summed E-state index contributed by atoms with van der Waals surface area (Å²) in [7, 11) is 0. The molecule has 0 unspecified atom stereocenters. The number of rotatable bonds is 7. The topological polar surface area (TPSA) is 57.7 Å². The highest BCUT2D eigenvalue weighted by molar-refractivity contribution is 7.13. The third kappa shape index (κ3) is 7.22. The Labute approximate surface area is 183 Å². The molecule has 1 aromatic heterocycles. The van der Waals surface area contributed by atoms with E-state index in [1.54, 1.807) is 6.20 Å². The Morgan fingerprint density at radius 1 is 1.14 bits per heavy atom. The van der Waals surface area contributed by atoms with Crippen molar-refractivity contribution in [2.24, 2.45) is 0 Å². The number of hydrogen-bond donors (Lipinski definition) is 1. The summed E-state index contributed by atoms with van der Waals surface area (Å²) in [6, 6.07) is 6.22. The Balaban J connectivity index is 0.00000196. The van der Waals surface area contributed by atoms with Crippen molar-refractivity contribution in [3.63, 3.8) is 0 Å². The maximum Gasteiger partial charge on any atom is 0.240 e. The predicted octanol–water partition coefficient (Wildman–Crippen LogP) is 3.24. The molecule has 28 heavy (non-hydrogen) atoms. The van der Waals surface area contributed by atoms with E-state index in [4.69, 9.17) is 4.74 Å². The van der Waals surface area contributed by atoms with Crippen LogP contribution in [0.25, 0.3) is 0 Å². The van der Waals surface area contributed by atoms with Crippen LogP contribution in [0.4, 0.5) is 5.13 Å². The lowest BCUT2D eigenvalue weighted by molar-refractivity contribution is -0.117. The molecule has 0 saturated carbocycles. The van der Waals surface area contributed by atoms with E-state index < -0.39 is 0 Å².